The smallest absolute Gasteiger partial charge is 0.410 e. The summed E-state index contributed by atoms with van der Waals surface area (Å²) >= 11 is 0. The van der Waals surface area contributed by atoms with Gasteiger partial charge in [0.1, 0.15) is 17.7 Å². The van der Waals surface area contributed by atoms with Crippen molar-refractivity contribution in [2.24, 2.45) is 5.92 Å². The zero-order chi connectivity index (χ0) is 25.7. The number of aliphatic carboxylic acids is 1. The average Bonchev–Trinajstić information content (AvgIpc) is 2.84. The average molecular weight is 500 g/mol. The SMILES string of the molecule is COc1cc(F)cc(NC(=O)Nc2ccc3c(c2)CCN(C(=O)OC2CCC(CC(=O)O)CC2)C3)c1. The van der Waals surface area contributed by atoms with E-state index in [1.54, 1.807) is 11.0 Å². The largest absolute Gasteiger partial charge is 0.497 e. The summed E-state index contributed by atoms with van der Waals surface area (Å²) in [4.78, 5) is 37.6. The molecule has 2 aromatic rings. The minimum absolute atomic E-state index is 0.154. The normalized spacial score (nSPS) is 19.1. The molecule has 0 atom stereocenters. The third-order valence-electron chi connectivity index (χ3n) is 6.62. The summed E-state index contributed by atoms with van der Waals surface area (Å²) in [5, 5.41) is 14.3. The molecule has 0 unspecified atom stereocenters. The molecule has 10 heteroatoms. The van der Waals surface area contributed by atoms with E-state index in [0.29, 0.717) is 43.8 Å². The van der Waals surface area contributed by atoms with E-state index in [1.165, 1.54) is 25.3 Å². The van der Waals surface area contributed by atoms with E-state index in [0.717, 1.165) is 24.0 Å². The van der Waals surface area contributed by atoms with Gasteiger partial charge >= 0.3 is 18.1 Å². The molecular weight excluding hydrogens is 469 g/mol. The molecule has 0 aromatic heterocycles. The quantitative estimate of drug-likeness (QED) is 0.515. The molecule has 2 aliphatic rings. The highest BCUT2D eigenvalue weighted by atomic mass is 19.1. The minimum Gasteiger partial charge on any atom is -0.497 e. The zero-order valence-corrected chi connectivity index (χ0v) is 20.1. The number of carbonyl (C=O) groups is 3. The van der Waals surface area contributed by atoms with Crippen LogP contribution in [0.15, 0.2) is 36.4 Å². The fraction of sp³-hybridized carbons (Fsp3) is 0.423. The number of carbonyl (C=O) groups excluding carboxylic acids is 2. The Bertz CT molecular complexity index is 1130. The lowest BCUT2D eigenvalue weighted by atomic mass is 9.85. The van der Waals surface area contributed by atoms with Crippen LogP contribution in [-0.2, 0) is 22.5 Å². The summed E-state index contributed by atoms with van der Waals surface area (Å²) in [5.41, 5.74) is 2.86. The lowest BCUT2D eigenvalue weighted by molar-refractivity contribution is -0.138. The Labute approximate surface area is 208 Å². The van der Waals surface area contributed by atoms with Gasteiger partial charge in [-0.3, -0.25) is 4.79 Å². The maximum absolute atomic E-state index is 13.6. The van der Waals surface area contributed by atoms with Crippen LogP contribution < -0.4 is 15.4 Å². The lowest BCUT2D eigenvalue weighted by Gasteiger charge is -2.32. The standard InChI is InChI=1S/C26H30FN3O6/c1-35-23-13-19(27)12-21(14-23)29-25(33)28-20-5-4-18-15-30(9-8-17(18)11-20)26(34)36-22-6-2-16(3-7-22)10-24(31)32/h4-5,11-14,16,22H,2-3,6-10,15H2,1H3,(H,31,32)(H2,28,29,33). The number of anilines is 2. The molecule has 1 heterocycles. The second-order valence-electron chi connectivity index (χ2n) is 9.24. The van der Waals surface area contributed by atoms with Gasteiger partial charge in [0.05, 0.1) is 7.11 Å². The summed E-state index contributed by atoms with van der Waals surface area (Å²) in [5.74, 6) is -0.852. The molecule has 4 rings (SSSR count). The van der Waals surface area contributed by atoms with E-state index in [9.17, 15) is 18.8 Å². The molecule has 1 aliphatic carbocycles. The predicted molar refractivity (Wildman–Crippen MR) is 131 cm³/mol. The van der Waals surface area contributed by atoms with Gasteiger partial charge in [0, 0.05) is 43.0 Å². The molecule has 2 aromatic carbocycles. The van der Waals surface area contributed by atoms with E-state index >= 15 is 0 Å². The predicted octanol–water partition coefficient (Wildman–Crippen LogP) is 5.01. The minimum atomic E-state index is -0.784. The Morgan fingerprint density at radius 2 is 1.78 bits per heavy atom. The maximum atomic E-state index is 13.6. The van der Waals surface area contributed by atoms with E-state index in [-0.39, 0.29) is 30.2 Å². The highest BCUT2D eigenvalue weighted by Crippen LogP contribution is 2.30. The van der Waals surface area contributed by atoms with E-state index in [2.05, 4.69) is 10.6 Å². The molecule has 0 radical (unpaired) electrons. The number of carboxylic acid groups (broad SMARTS) is 1. The van der Waals surface area contributed by atoms with Crippen LogP contribution in [0.1, 0.15) is 43.2 Å². The highest BCUT2D eigenvalue weighted by molar-refractivity contribution is 5.99. The Balaban J connectivity index is 1.28. The van der Waals surface area contributed by atoms with Crippen molar-refractivity contribution >= 4 is 29.5 Å². The number of carboxylic acids is 1. The van der Waals surface area contributed by atoms with Gasteiger partial charge in [0.15, 0.2) is 0 Å². The first-order valence-electron chi connectivity index (χ1n) is 12.0. The summed E-state index contributed by atoms with van der Waals surface area (Å²) < 4.78 is 24.4. The lowest BCUT2D eigenvalue weighted by Crippen LogP contribution is -2.39. The van der Waals surface area contributed by atoms with Crippen molar-refractivity contribution in [2.45, 2.75) is 51.2 Å². The number of nitrogens with zero attached hydrogens (tertiary/aromatic N) is 1. The second-order valence-corrected chi connectivity index (χ2v) is 9.24. The number of hydrogen-bond acceptors (Lipinski definition) is 5. The molecule has 0 bridgehead atoms. The molecule has 0 saturated heterocycles. The van der Waals surface area contributed by atoms with Crippen molar-refractivity contribution < 1.29 is 33.4 Å². The van der Waals surface area contributed by atoms with Crippen molar-refractivity contribution in [3.8, 4) is 5.75 Å². The van der Waals surface area contributed by atoms with Crippen LogP contribution >= 0.6 is 0 Å². The van der Waals surface area contributed by atoms with Crippen LogP contribution in [0, 0.1) is 11.7 Å². The molecule has 1 fully saturated rings. The first-order chi connectivity index (χ1) is 17.3. The van der Waals surface area contributed by atoms with Crippen molar-refractivity contribution in [1.82, 2.24) is 4.90 Å². The number of amides is 3. The number of nitrogens with one attached hydrogen (secondary N) is 2. The first kappa shape index (κ1) is 25.3. The van der Waals surface area contributed by atoms with Crippen LogP contribution in [0.5, 0.6) is 5.75 Å². The summed E-state index contributed by atoms with van der Waals surface area (Å²) in [7, 11) is 1.42. The van der Waals surface area contributed by atoms with Crippen LogP contribution in [0.3, 0.4) is 0 Å². The number of hydrogen-bond donors (Lipinski definition) is 3. The number of fused-ring (bicyclic) bond motifs is 1. The van der Waals surface area contributed by atoms with E-state index < -0.39 is 17.8 Å². The van der Waals surface area contributed by atoms with Crippen molar-refractivity contribution in [1.29, 1.82) is 0 Å². The van der Waals surface area contributed by atoms with Crippen molar-refractivity contribution in [3.05, 3.63) is 53.3 Å². The molecule has 1 saturated carbocycles. The molecule has 3 N–H and O–H groups in total. The van der Waals surface area contributed by atoms with Crippen LogP contribution in [0.25, 0.3) is 0 Å². The number of rotatable bonds is 6. The van der Waals surface area contributed by atoms with Gasteiger partial charge in [-0.05, 0) is 67.3 Å². The van der Waals surface area contributed by atoms with Gasteiger partial charge in [0.2, 0.25) is 0 Å². The van der Waals surface area contributed by atoms with Gasteiger partial charge in [-0.2, -0.15) is 0 Å². The molecule has 1 aliphatic heterocycles. The number of halogens is 1. The zero-order valence-electron chi connectivity index (χ0n) is 20.1. The fourth-order valence-corrected chi connectivity index (χ4v) is 4.75. The topological polar surface area (TPSA) is 117 Å². The molecule has 36 heavy (non-hydrogen) atoms. The third-order valence-corrected chi connectivity index (χ3v) is 6.62. The monoisotopic (exact) mass is 499 g/mol. The summed E-state index contributed by atoms with van der Waals surface area (Å²) in [6.07, 6.45) is 3.14. The Morgan fingerprint density at radius 3 is 2.50 bits per heavy atom. The van der Waals surface area contributed by atoms with E-state index in [4.69, 9.17) is 14.6 Å². The molecular formula is C26H30FN3O6. The number of methoxy groups -OCH3 is 1. The Morgan fingerprint density at radius 1 is 1.03 bits per heavy atom. The number of urea groups is 1. The van der Waals surface area contributed by atoms with Crippen LogP contribution in [0.2, 0.25) is 0 Å². The van der Waals surface area contributed by atoms with Gasteiger partial charge in [-0.1, -0.05) is 6.07 Å². The third kappa shape index (κ3) is 6.65. The summed E-state index contributed by atoms with van der Waals surface area (Å²) in [6, 6.07) is 8.92. The number of benzene rings is 2. The van der Waals surface area contributed by atoms with Crippen molar-refractivity contribution in [2.75, 3.05) is 24.3 Å². The number of ether oxygens (including phenoxy) is 2. The van der Waals surface area contributed by atoms with Gasteiger partial charge < -0.3 is 30.1 Å². The Hall–Kier alpha value is -3.82. The van der Waals surface area contributed by atoms with Crippen LogP contribution in [-0.4, -0.2) is 47.9 Å². The molecule has 9 nitrogen and oxygen atoms in total. The fourth-order valence-electron chi connectivity index (χ4n) is 4.75. The van der Waals surface area contributed by atoms with Gasteiger partial charge in [-0.15, -0.1) is 0 Å². The summed E-state index contributed by atoms with van der Waals surface area (Å²) in [6.45, 7) is 0.914. The maximum Gasteiger partial charge on any atom is 0.410 e. The van der Waals surface area contributed by atoms with E-state index in [1.807, 2.05) is 12.1 Å². The molecule has 0 spiro atoms. The molecule has 192 valence electrons. The van der Waals surface area contributed by atoms with Crippen LogP contribution in [0.4, 0.5) is 25.4 Å². The highest BCUT2D eigenvalue weighted by Gasteiger charge is 2.28. The first-order valence-corrected chi connectivity index (χ1v) is 12.0. The van der Waals surface area contributed by atoms with Gasteiger partial charge in [-0.25, -0.2) is 14.0 Å². The van der Waals surface area contributed by atoms with Gasteiger partial charge in [0.25, 0.3) is 0 Å². The Kier molecular flexibility index (Phi) is 7.92. The molecule has 3 amide bonds. The second kappa shape index (κ2) is 11.3. The van der Waals surface area contributed by atoms with Crippen molar-refractivity contribution in [3.63, 3.8) is 0 Å².